The number of hydrogen-bond acceptors (Lipinski definition) is 4. The Hall–Kier alpha value is -1.50. The summed E-state index contributed by atoms with van der Waals surface area (Å²) in [6.07, 6.45) is -2.92. The highest BCUT2D eigenvalue weighted by molar-refractivity contribution is 6.17. The number of aromatic nitrogens is 1. The monoisotopic (exact) mass is 252 g/mol. The van der Waals surface area contributed by atoms with Gasteiger partial charge in [-0.15, -0.1) is 11.6 Å². The summed E-state index contributed by atoms with van der Waals surface area (Å²) in [6.45, 7) is 0. The lowest BCUT2D eigenvalue weighted by atomic mass is 10.2. The van der Waals surface area contributed by atoms with Crippen molar-refractivity contribution in [1.82, 2.24) is 4.98 Å². The van der Waals surface area contributed by atoms with E-state index in [9.17, 15) is 18.9 Å². The zero-order valence-corrected chi connectivity index (χ0v) is 8.87. The van der Waals surface area contributed by atoms with Crippen LogP contribution in [-0.4, -0.2) is 17.0 Å². The Balaban J connectivity index is 3.40. The third-order valence-electron chi connectivity index (χ3n) is 1.82. The molecule has 0 aromatic carbocycles. The van der Waals surface area contributed by atoms with Gasteiger partial charge in [-0.2, -0.15) is 0 Å². The summed E-state index contributed by atoms with van der Waals surface area (Å²) in [5, 5.41) is 10.5. The molecule has 0 unspecified atom stereocenters. The number of ether oxygens (including phenoxy) is 1. The van der Waals surface area contributed by atoms with E-state index in [1.165, 1.54) is 7.11 Å². The molecule has 1 rings (SSSR count). The third kappa shape index (κ3) is 2.35. The highest BCUT2D eigenvalue weighted by atomic mass is 35.5. The molecule has 16 heavy (non-hydrogen) atoms. The van der Waals surface area contributed by atoms with E-state index >= 15 is 0 Å². The second-order valence-electron chi connectivity index (χ2n) is 2.75. The summed E-state index contributed by atoms with van der Waals surface area (Å²) < 4.78 is 29.7. The third-order valence-corrected chi connectivity index (χ3v) is 2.11. The van der Waals surface area contributed by atoms with Crippen LogP contribution in [0.15, 0.2) is 6.07 Å². The first-order valence-corrected chi connectivity index (χ1v) is 4.61. The zero-order chi connectivity index (χ0) is 12.3. The van der Waals surface area contributed by atoms with Gasteiger partial charge < -0.3 is 14.9 Å². The van der Waals surface area contributed by atoms with Crippen LogP contribution in [0.2, 0.25) is 0 Å². The molecule has 0 spiro atoms. The maximum atomic E-state index is 12.5. The maximum absolute atomic E-state index is 12.5. The largest absolute Gasteiger partial charge is 0.489 e. The van der Waals surface area contributed by atoms with Crippen molar-refractivity contribution in [2.24, 2.45) is 0 Å². The molecule has 0 aliphatic heterocycles. The van der Waals surface area contributed by atoms with Gasteiger partial charge in [0.05, 0.1) is 13.0 Å². The van der Waals surface area contributed by atoms with E-state index in [0.29, 0.717) is 0 Å². The van der Waals surface area contributed by atoms with Gasteiger partial charge in [0.1, 0.15) is 0 Å². The summed E-state index contributed by atoms with van der Waals surface area (Å²) in [5.41, 5.74) is -0.679. The molecule has 0 bridgehead atoms. The van der Waals surface area contributed by atoms with Crippen LogP contribution < -0.4 is 4.74 Å². The molecule has 0 radical (unpaired) electrons. The SMILES string of the molecule is COc1cc(CCl)c(C(F)F)nc1[N+](=O)[O-]. The molecule has 1 aromatic heterocycles. The Morgan fingerprint density at radius 2 is 2.31 bits per heavy atom. The van der Waals surface area contributed by atoms with Crippen molar-refractivity contribution in [2.75, 3.05) is 7.11 Å². The molecule has 0 N–H and O–H groups in total. The first kappa shape index (κ1) is 12.6. The standard InChI is InChI=1S/C8H7ClF2N2O3/c1-16-5-2-4(3-9)6(7(10)11)12-8(5)13(14)15/h2,7H,3H2,1H3. The number of nitrogens with zero attached hydrogens (tertiary/aromatic N) is 2. The van der Waals surface area contributed by atoms with Gasteiger partial charge in [-0.1, -0.05) is 0 Å². The molecule has 88 valence electrons. The van der Waals surface area contributed by atoms with Gasteiger partial charge in [0.25, 0.3) is 0 Å². The Morgan fingerprint density at radius 1 is 1.69 bits per heavy atom. The van der Waals surface area contributed by atoms with Gasteiger partial charge in [-0.25, -0.2) is 8.78 Å². The van der Waals surface area contributed by atoms with Crippen LogP contribution >= 0.6 is 11.6 Å². The quantitative estimate of drug-likeness (QED) is 0.469. The van der Waals surface area contributed by atoms with E-state index in [1.54, 1.807) is 0 Å². The van der Waals surface area contributed by atoms with Crippen LogP contribution in [0.4, 0.5) is 14.6 Å². The van der Waals surface area contributed by atoms with E-state index in [2.05, 4.69) is 9.72 Å². The molecule has 0 fully saturated rings. The van der Waals surface area contributed by atoms with Crippen molar-refractivity contribution in [3.63, 3.8) is 0 Å². The topological polar surface area (TPSA) is 65.3 Å². The normalized spacial score (nSPS) is 10.6. The van der Waals surface area contributed by atoms with Crippen molar-refractivity contribution in [3.8, 4) is 5.75 Å². The predicted octanol–water partition coefficient (Wildman–Crippen LogP) is 2.67. The Morgan fingerprint density at radius 3 is 2.69 bits per heavy atom. The molecular formula is C8H7ClF2N2O3. The van der Waals surface area contributed by atoms with E-state index in [0.717, 1.165) is 6.07 Å². The van der Waals surface area contributed by atoms with Crippen LogP contribution in [0.1, 0.15) is 17.7 Å². The lowest BCUT2D eigenvalue weighted by Crippen LogP contribution is -2.04. The van der Waals surface area contributed by atoms with Gasteiger partial charge in [-0.3, -0.25) is 0 Å². The molecule has 0 atom stereocenters. The Labute approximate surface area is 94.1 Å². The average molecular weight is 253 g/mol. The minimum absolute atomic E-state index is 0.0131. The summed E-state index contributed by atoms with van der Waals surface area (Å²) in [5.74, 6) is -1.15. The minimum Gasteiger partial charge on any atom is -0.489 e. The molecule has 1 heterocycles. The van der Waals surface area contributed by atoms with E-state index in [-0.39, 0.29) is 17.2 Å². The fraction of sp³-hybridized carbons (Fsp3) is 0.375. The molecule has 0 saturated carbocycles. The zero-order valence-electron chi connectivity index (χ0n) is 8.11. The predicted molar refractivity (Wildman–Crippen MR) is 52.0 cm³/mol. The first-order chi connectivity index (χ1) is 7.51. The molecule has 0 amide bonds. The number of alkyl halides is 3. The minimum atomic E-state index is -2.92. The molecule has 1 aromatic rings. The van der Waals surface area contributed by atoms with Gasteiger partial charge in [0.15, 0.2) is 0 Å². The average Bonchev–Trinajstić information content (AvgIpc) is 2.26. The van der Waals surface area contributed by atoms with Crippen LogP contribution in [0.5, 0.6) is 5.75 Å². The smallest absolute Gasteiger partial charge is 0.406 e. The molecule has 0 saturated heterocycles. The Kier molecular flexibility index (Phi) is 3.94. The van der Waals surface area contributed by atoms with Crippen molar-refractivity contribution in [3.05, 3.63) is 27.4 Å². The maximum Gasteiger partial charge on any atom is 0.406 e. The molecule has 0 aliphatic rings. The van der Waals surface area contributed by atoms with Gasteiger partial charge in [0, 0.05) is 5.56 Å². The fourth-order valence-corrected chi connectivity index (χ4v) is 1.33. The van der Waals surface area contributed by atoms with E-state index < -0.39 is 22.9 Å². The number of halogens is 3. The number of rotatable bonds is 4. The molecule has 5 nitrogen and oxygen atoms in total. The molecule has 0 aliphatic carbocycles. The number of hydrogen-bond donors (Lipinski definition) is 0. The van der Waals surface area contributed by atoms with Crippen LogP contribution in [0.25, 0.3) is 0 Å². The van der Waals surface area contributed by atoms with Crippen molar-refractivity contribution >= 4 is 17.4 Å². The van der Waals surface area contributed by atoms with Crippen molar-refractivity contribution in [2.45, 2.75) is 12.3 Å². The van der Waals surface area contributed by atoms with Gasteiger partial charge in [0.2, 0.25) is 11.4 Å². The summed E-state index contributed by atoms with van der Waals surface area (Å²) in [4.78, 5) is 12.9. The fourth-order valence-electron chi connectivity index (χ4n) is 1.11. The molecule has 8 heteroatoms. The van der Waals surface area contributed by atoms with Crippen LogP contribution in [0.3, 0.4) is 0 Å². The lowest BCUT2D eigenvalue weighted by molar-refractivity contribution is -0.390. The highest BCUT2D eigenvalue weighted by Gasteiger charge is 2.27. The first-order valence-electron chi connectivity index (χ1n) is 4.07. The van der Waals surface area contributed by atoms with E-state index in [1.807, 2.05) is 0 Å². The lowest BCUT2D eigenvalue weighted by Gasteiger charge is -2.05. The van der Waals surface area contributed by atoms with E-state index in [4.69, 9.17) is 11.6 Å². The van der Waals surface area contributed by atoms with Crippen LogP contribution in [-0.2, 0) is 5.88 Å². The van der Waals surface area contributed by atoms with Crippen molar-refractivity contribution < 1.29 is 18.4 Å². The second-order valence-corrected chi connectivity index (χ2v) is 3.02. The van der Waals surface area contributed by atoms with Crippen molar-refractivity contribution in [1.29, 1.82) is 0 Å². The van der Waals surface area contributed by atoms with Gasteiger partial charge in [-0.05, 0) is 16.0 Å². The number of pyridine rings is 1. The number of methoxy groups -OCH3 is 1. The molecular weight excluding hydrogens is 246 g/mol. The Bertz CT molecular complexity index is 415. The highest BCUT2D eigenvalue weighted by Crippen LogP contribution is 2.32. The number of nitro groups is 1. The second kappa shape index (κ2) is 5.02. The summed E-state index contributed by atoms with van der Waals surface area (Å²) in [7, 11) is 1.18. The summed E-state index contributed by atoms with van der Waals surface area (Å²) in [6, 6.07) is 1.10. The summed E-state index contributed by atoms with van der Waals surface area (Å²) >= 11 is 5.44. The van der Waals surface area contributed by atoms with Crippen LogP contribution in [0, 0.1) is 10.1 Å². The van der Waals surface area contributed by atoms with Gasteiger partial charge >= 0.3 is 12.2 Å².